The summed E-state index contributed by atoms with van der Waals surface area (Å²) in [6.45, 7) is 2.27. The minimum Gasteiger partial charge on any atom is -0.144 e. The van der Waals surface area contributed by atoms with E-state index in [2.05, 4.69) is 60.8 Å². The highest BCUT2D eigenvalue weighted by atomic mass is 32.1. The van der Waals surface area contributed by atoms with Gasteiger partial charge in [-0.2, -0.15) is 0 Å². The van der Waals surface area contributed by atoms with Gasteiger partial charge < -0.3 is 0 Å². The van der Waals surface area contributed by atoms with Crippen LogP contribution in [0.1, 0.15) is 38.2 Å². The first-order chi connectivity index (χ1) is 13.3. The summed E-state index contributed by atoms with van der Waals surface area (Å²) in [5.74, 6) is 0. The molecule has 136 valence electrons. The van der Waals surface area contributed by atoms with Gasteiger partial charge in [-0.3, -0.25) is 0 Å². The van der Waals surface area contributed by atoms with Crippen LogP contribution in [0.25, 0.3) is 40.0 Å². The smallest absolute Gasteiger partial charge is 0.0542 e. The molecule has 3 aromatic heterocycles. The largest absolute Gasteiger partial charge is 0.144 e. The van der Waals surface area contributed by atoms with E-state index >= 15 is 0 Å². The molecule has 0 amide bonds. The first-order valence-electron chi connectivity index (χ1n) is 9.75. The quantitative estimate of drug-likeness (QED) is 0.247. The third kappa shape index (κ3) is 3.22. The van der Waals surface area contributed by atoms with Crippen LogP contribution in [0, 0.1) is 0 Å². The SMILES string of the molecule is CCCCCCc1csc(-c2ccc3c(c2)sc2c4ccccc4sc32)c1. The number of hydrogen-bond donors (Lipinski definition) is 0. The summed E-state index contributed by atoms with van der Waals surface area (Å²) in [6, 6.07) is 18.2. The van der Waals surface area contributed by atoms with Crippen molar-refractivity contribution in [2.75, 3.05) is 0 Å². The van der Waals surface area contributed by atoms with Crippen LogP contribution in [0.4, 0.5) is 0 Å². The lowest BCUT2D eigenvalue weighted by Gasteiger charge is -1.99. The third-order valence-corrected chi connectivity index (χ3v) is 8.79. The van der Waals surface area contributed by atoms with Crippen molar-refractivity contribution in [2.45, 2.75) is 39.0 Å². The topological polar surface area (TPSA) is 0 Å². The molecule has 0 bridgehead atoms. The van der Waals surface area contributed by atoms with E-state index in [0.29, 0.717) is 0 Å². The first-order valence-corrected chi connectivity index (χ1v) is 12.3. The molecular formula is C24H22S3. The number of fused-ring (bicyclic) bond motifs is 5. The monoisotopic (exact) mass is 406 g/mol. The van der Waals surface area contributed by atoms with E-state index in [-0.39, 0.29) is 0 Å². The maximum Gasteiger partial charge on any atom is 0.0542 e. The molecule has 27 heavy (non-hydrogen) atoms. The fourth-order valence-corrected chi connectivity index (χ4v) is 7.41. The van der Waals surface area contributed by atoms with Gasteiger partial charge in [0.25, 0.3) is 0 Å². The Labute approximate surface area is 172 Å². The average Bonchev–Trinajstić information content (AvgIpc) is 3.38. The van der Waals surface area contributed by atoms with Crippen molar-refractivity contribution in [3.05, 3.63) is 59.5 Å². The van der Waals surface area contributed by atoms with Crippen molar-refractivity contribution in [2.24, 2.45) is 0 Å². The minimum atomic E-state index is 1.22. The Hall–Kier alpha value is -1.68. The molecule has 0 aliphatic carbocycles. The Morgan fingerprint density at radius 1 is 0.778 bits per heavy atom. The normalized spacial score (nSPS) is 11.9. The predicted octanol–water partition coefficient (Wildman–Crippen LogP) is 9.12. The lowest BCUT2D eigenvalue weighted by Crippen LogP contribution is -1.82. The van der Waals surface area contributed by atoms with Crippen LogP contribution in [-0.2, 0) is 6.42 Å². The van der Waals surface area contributed by atoms with Gasteiger partial charge in [0.1, 0.15) is 0 Å². The third-order valence-electron chi connectivity index (χ3n) is 5.25. The summed E-state index contributed by atoms with van der Waals surface area (Å²) < 4.78 is 5.71. The maximum atomic E-state index is 2.41. The highest BCUT2D eigenvalue weighted by molar-refractivity contribution is 7.36. The summed E-state index contributed by atoms with van der Waals surface area (Å²) in [7, 11) is 0. The zero-order valence-electron chi connectivity index (χ0n) is 15.5. The van der Waals surface area contributed by atoms with E-state index in [1.54, 1.807) is 0 Å². The Balaban J connectivity index is 1.48. The van der Waals surface area contributed by atoms with Crippen LogP contribution < -0.4 is 0 Å². The summed E-state index contributed by atoms with van der Waals surface area (Å²) in [6.07, 6.45) is 6.56. The number of unbranched alkanes of at least 4 members (excludes halogenated alkanes) is 3. The number of aryl methyl sites for hydroxylation is 1. The maximum absolute atomic E-state index is 2.41. The fraction of sp³-hybridized carbons (Fsp3) is 0.250. The van der Waals surface area contributed by atoms with Crippen molar-refractivity contribution >= 4 is 63.6 Å². The molecule has 5 rings (SSSR count). The molecule has 0 atom stereocenters. The summed E-state index contributed by atoms with van der Waals surface area (Å²) >= 11 is 5.77. The number of benzene rings is 2. The molecule has 0 aliphatic rings. The van der Waals surface area contributed by atoms with Crippen molar-refractivity contribution in [3.63, 3.8) is 0 Å². The molecule has 0 aliphatic heterocycles. The Bertz CT molecular complexity index is 1220. The van der Waals surface area contributed by atoms with Crippen molar-refractivity contribution < 1.29 is 0 Å². The molecule has 0 saturated carbocycles. The number of hydrogen-bond acceptors (Lipinski definition) is 3. The zero-order valence-corrected chi connectivity index (χ0v) is 17.9. The van der Waals surface area contributed by atoms with Crippen LogP contribution in [0.15, 0.2) is 53.9 Å². The van der Waals surface area contributed by atoms with Crippen LogP contribution in [-0.4, -0.2) is 0 Å². The van der Waals surface area contributed by atoms with E-state index in [4.69, 9.17) is 0 Å². The van der Waals surface area contributed by atoms with E-state index in [1.165, 1.54) is 77.7 Å². The second kappa shape index (κ2) is 7.38. The minimum absolute atomic E-state index is 1.22. The average molecular weight is 407 g/mol. The Kier molecular flexibility index (Phi) is 4.76. The molecule has 0 unspecified atom stereocenters. The van der Waals surface area contributed by atoms with Crippen LogP contribution in [0.5, 0.6) is 0 Å². The molecule has 0 saturated heterocycles. The molecule has 5 aromatic rings. The lowest BCUT2D eigenvalue weighted by atomic mass is 10.1. The molecule has 0 radical (unpaired) electrons. The molecule has 0 nitrogen and oxygen atoms in total. The second-order valence-electron chi connectivity index (χ2n) is 7.20. The summed E-state index contributed by atoms with van der Waals surface area (Å²) in [4.78, 5) is 1.41. The van der Waals surface area contributed by atoms with Crippen molar-refractivity contribution in [1.29, 1.82) is 0 Å². The van der Waals surface area contributed by atoms with Gasteiger partial charge in [-0.15, -0.1) is 34.0 Å². The van der Waals surface area contributed by atoms with Crippen LogP contribution >= 0.6 is 34.0 Å². The fourth-order valence-electron chi connectivity index (χ4n) is 3.77. The van der Waals surface area contributed by atoms with E-state index in [9.17, 15) is 0 Å². The Morgan fingerprint density at radius 2 is 1.59 bits per heavy atom. The highest BCUT2D eigenvalue weighted by Crippen LogP contribution is 2.45. The molecule has 2 aromatic carbocycles. The van der Waals surface area contributed by atoms with Gasteiger partial charge in [-0.25, -0.2) is 0 Å². The van der Waals surface area contributed by atoms with Gasteiger partial charge in [-0.1, -0.05) is 56.5 Å². The van der Waals surface area contributed by atoms with Crippen molar-refractivity contribution in [1.82, 2.24) is 0 Å². The standard InChI is InChI=1S/C24H22S3/c1-2-3-4-5-8-16-13-21(25-15-16)17-11-12-19-22(14-17)27-23-18-9-6-7-10-20(18)26-24(19)23/h6-7,9-15H,2-5,8H2,1H3. The van der Waals surface area contributed by atoms with E-state index in [0.717, 1.165) is 0 Å². The van der Waals surface area contributed by atoms with Crippen LogP contribution in [0.2, 0.25) is 0 Å². The van der Waals surface area contributed by atoms with Gasteiger partial charge >= 0.3 is 0 Å². The first kappa shape index (κ1) is 17.4. The van der Waals surface area contributed by atoms with Gasteiger partial charge in [-0.05, 0) is 47.5 Å². The van der Waals surface area contributed by atoms with Crippen LogP contribution in [0.3, 0.4) is 0 Å². The van der Waals surface area contributed by atoms with Gasteiger partial charge in [0.05, 0.1) is 9.40 Å². The molecule has 3 heteroatoms. The highest BCUT2D eigenvalue weighted by Gasteiger charge is 2.13. The number of rotatable bonds is 6. The van der Waals surface area contributed by atoms with Gasteiger partial charge in [0, 0.05) is 25.0 Å². The lowest BCUT2D eigenvalue weighted by molar-refractivity contribution is 0.667. The van der Waals surface area contributed by atoms with Gasteiger partial charge in [0.2, 0.25) is 0 Å². The zero-order chi connectivity index (χ0) is 18.2. The summed E-state index contributed by atoms with van der Waals surface area (Å²) in [5.41, 5.74) is 2.87. The molecule has 0 fully saturated rings. The summed E-state index contributed by atoms with van der Waals surface area (Å²) in [5, 5.41) is 5.17. The van der Waals surface area contributed by atoms with Crippen molar-refractivity contribution in [3.8, 4) is 10.4 Å². The number of thiophene rings is 3. The molecule has 0 N–H and O–H groups in total. The van der Waals surface area contributed by atoms with Gasteiger partial charge in [0.15, 0.2) is 0 Å². The predicted molar refractivity (Wildman–Crippen MR) is 126 cm³/mol. The molecule has 3 heterocycles. The Morgan fingerprint density at radius 3 is 2.48 bits per heavy atom. The van der Waals surface area contributed by atoms with E-state index < -0.39 is 0 Å². The molecule has 0 spiro atoms. The second-order valence-corrected chi connectivity index (χ2v) is 10.2. The van der Waals surface area contributed by atoms with E-state index in [1.807, 2.05) is 34.0 Å². The molecular weight excluding hydrogens is 384 g/mol.